The van der Waals surface area contributed by atoms with E-state index in [4.69, 9.17) is 14.4 Å². The number of sulfonamides is 1. The second kappa shape index (κ2) is 17.2. The summed E-state index contributed by atoms with van der Waals surface area (Å²) >= 11 is 0.965. The first-order valence-corrected chi connectivity index (χ1v) is 18.9. The van der Waals surface area contributed by atoms with Gasteiger partial charge in [-0.1, -0.05) is 0 Å². The van der Waals surface area contributed by atoms with Crippen molar-refractivity contribution in [3.63, 3.8) is 0 Å². The van der Waals surface area contributed by atoms with Gasteiger partial charge in [0.25, 0.3) is 21.8 Å². The zero-order valence-corrected chi connectivity index (χ0v) is 29.3. The summed E-state index contributed by atoms with van der Waals surface area (Å²) in [5, 5.41) is 43.6. The number of nitrogens with one attached hydrogen (secondary N) is 3. The molecule has 0 spiro atoms. The number of thiophene rings is 1. The lowest BCUT2D eigenvalue weighted by molar-refractivity contribution is 0.0942. The highest BCUT2D eigenvalue weighted by molar-refractivity contribution is 7.91. The van der Waals surface area contributed by atoms with Crippen LogP contribution in [0.1, 0.15) is 39.1 Å². The van der Waals surface area contributed by atoms with Crippen LogP contribution in [0.4, 0.5) is 0 Å². The van der Waals surface area contributed by atoms with Crippen molar-refractivity contribution in [3.05, 3.63) is 77.4 Å². The molecule has 1 aromatic heterocycles. The number of benzene rings is 3. The van der Waals surface area contributed by atoms with Crippen molar-refractivity contribution in [2.75, 3.05) is 32.6 Å². The Kier molecular flexibility index (Phi) is 13.1. The van der Waals surface area contributed by atoms with Gasteiger partial charge in [-0.2, -0.15) is 0 Å². The Balaban J connectivity index is 1.43. The van der Waals surface area contributed by atoms with Crippen molar-refractivity contribution in [1.29, 1.82) is 0 Å². The third-order valence-electron chi connectivity index (χ3n) is 7.09. The molecule has 8 N–H and O–H groups in total. The topological polar surface area (TPSA) is 241 Å². The number of phenols is 4. The molecule has 15 nitrogen and oxygen atoms in total. The molecule has 0 aliphatic rings. The number of hydrogen-bond acceptors (Lipinski definition) is 12. The van der Waals surface area contributed by atoms with Crippen LogP contribution in [0.25, 0.3) is 10.4 Å². The molecular weight excluding hydrogens is 713 g/mol. The summed E-state index contributed by atoms with van der Waals surface area (Å²) in [5.41, 5.74) is 1.62. The molecule has 1 heterocycles. The fourth-order valence-electron chi connectivity index (χ4n) is 4.50. The minimum atomic E-state index is -4.01. The molecule has 0 fully saturated rings. The lowest BCUT2D eigenvalue weighted by Crippen LogP contribution is -2.25. The van der Waals surface area contributed by atoms with E-state index in [-0.39, 0.29) is 53.1 Å². The largest absolute Gasteiger partial charge is 0.504 e. The minimum Gasteiger partial charge on any atom is -0.504 e. The quantitative estimate of drug-likeness (QED) is 0.0439. The predicted octanol–water partition coefficient (Wildman–Crippen LogP) is 3.65. The fraction of sp³-hybridized carbons (Fsp3) is 0.250. The van der Waals surface area contributed by atoms with Crippen molar-refractivity contribution in [1.82, 2.24) is 15.4 Å². The first-order valence-electron chi connectivity index (χ1n) is 15.1. The smallest absolute Gasteiger partial charge is 0.251 e. The van der Waals surface area contributed by atoms with Crippen molar-refractivity contribution in [2.24, 2.45) is 0 Å². The van der Waals surface area contributed by atoms with Crippen LogP contribution in [0.2, 0.25) is 0 Å². The Morgan fingerprint density at radius 1 is 0.780 bits per heavy atom. The summed E-state index contributed by atoms with van der Waals surface area (Å²) in [6, 6.07) is 13.9. The average Bonchev–Trinajstić information content (AvgIpc) is 3.58. The second-order valence-corrected chi connectivity index (χ2v) is 14.9. The molecular formula is C32H36N3O12PS2. The van der Waals surface area contributed by atoms with E-state index < -0.39 is 47.7 Å². The van der Waals surface area contributed by atoms with Crippen LogP contribution in [-0.2, 0) is 14.6 Å². The number of ether oxygens (including phenoxy) is 2. The summed E-state index contributed by atoms with van der Waals surface area (Å²) in [6.07, 6.45) is 0.193. The highest BCUT2D eigenvalue weighted by Crippen LogP contribution is 2.41. The van der Waals surface area contributed by atoms with Crippen LogP contribution < -0.4 is 24.8 Å². The Hall–Kier alpha value is -4.80. The molecule has 268 valence electrons. The van der Waals surface area contributed by atoms with Gasteiger partial charge in [0.05, 0.1) is 19.5 Å². The van der Waals surface area contributed by atoms with Crippen LogP contribution in [-0.4, -0.2) is 78.1 Å². The maximum absolute atomic E-state index is 12.6. The lowest BCUT2D eigenvalue weighted by Gasteiger charge is -2.18. The first-order chi connectivity index (χ1) is 23.8. The van der Waals surface area contributed by atoms with E-state index in [0.29, 0.717) is 40.3 Å². The summed E-state index contributed by atoms with van der Waals surface area (Å²) in [4.78, 5) is 34.5. The number of hydrogen-bond donors (Lipinski definition) is 8. The van der Waals surface area contributed by atoms with E-state index in [1.165, 1.54) is 30.3 Å². The van der Waals surface area contributed by atoms with Gasteiger partial charge in [0.2, 0.25) is 8.03 Å². The van der Waals surface area contributed by atoms with E-state index in [0.717, 1.165) is 23.5 Å². The van der Waals surface area contributed by atoms with Crippen LogP contribution in [0, 0.1) is 6.92 Å². The fourth-order valence-corrected chi connectivity index (χ4v) is 7.85. The number of phenolic OH excluding ortho intramolecular Hbond substituents is 4. The maximum Gasteiger partial charge on any atom is 0.251 e. The van der Waals surface area contributed by atoms with Crippen molar-refractivity contribution in [3.8, 4) is 44.9 Å². The van der Waals surface area contributed by atoms with Crippen molar-refractivity contribution in [2.45, 2.75) is 24.0 Å². The summed E-state index contributed by atoms with van der Waals surface area (Å²) in [6.45, 7) is 2.54. The van der Waals surface area contributed by atoms with Crippen LogP contribution in [0.3, 0.4) is 0 Å². The Morgan fingerprint density at radius 3 is 1.88 bits per heavy atom. The number of amides is 2. The molecule has 0 aliphatic carbocycles. The van der Waals surface area contributed by atoms with Crippen LogP contribution in [0.15, 0.2) is 64.9 Å². The summed E-state index contributed by atoms with van der Waals surface area (Å²) in [5.74, 6) is -1.67. The number of aromatic hydroxyl groups is 4. The molecule has 0 bridgehead atoms. The molecule has 18 heteroatoms. The summed E-state index contributed by atoms with van der Waals surface area (Å²) in [7, 11) is -7.06. The van der Waals surface area contributed by atoms with Gasteiger partial charge in [-0.3, -0.25) is 14.2 Å². The number of carbonyl (C=O) groups is 2. The Morgan fingerprint density at radius 2 is 1.34 bits per heavy atom. The Labute approximate surface area is 292 Å². The van der Waals surface area contributed by atoms with E-state index in [2.05, 4.69) is 15.4 Å². The molecule has 0 radical (unpaired) electrons. The second-order valence-electron chi connectivity index (χ2n) is 10.7. The van der Waals surface area contributed by atoms with Crippen molar-refractivity contribution < 1.29 is 57.4 Å². The van der Waals surface area contributed by atoms with Gasteiger partial charge in [-0.15, -0.1) is 11.3 Å². The Bertz CT molecular complexity index is 1980. The highest BCUT2D eigenvalue weighted by atomic mass is 32.2. The summed E-state index contributed by atoms with van der Waals surface area (Å²) < 4.78 is 50.4. The van der Waals surface area contributed by atoms with E-state index in [9.17, 15) is 43.0 Å². The zero-order valence-electron chi connectivity index (χ0n) is 26.6. The zero-order chi connectivity index (χ0) is 36.4. The molecule has 0 aliphatic heterocycles. The monoisotopic (exact) mass is 749 g/mol. The molecule has 0 saturated carbocycles. The van der Waals surface area contributed by atoms with Crippen LogP contribution >= 0.6 is 19.4 Å². The molecule has 4 aromatic rings. The molecule has 3 aromatic carbocycles. The van der Waals surface area contributed by atoms with Gasteiger partial charge >= 0.3 is 0 Å². The normalized spacial score (nSPS) is 11.9. The molecule has 2 amide bonds. The molecule has 50 heavy (non-hydrogen) atoms. The van der Waals surface area contributed by atoms with E-state index in [1.54, 1.807) is 25.1 Å². The van der Waals surface area contributed by atoms with E-state index in [1.807, 2.05) is 0 Å². The highest BCUT2D eigenvalue weighted by Gasteiger charge is 2.21. The predicted molar refractivity (Wildman–Crippen MR) is 185 cm³/mol. The standard InChI is InChI=1S/C32H36N3O12PS2/c1-19-22(28-10-11-29(49-28)50(44,45)35-18-48(42)43)6-9-27(46-14-2-12-33-31(40)20-4-7-23(36)25(38)16-20)30(19)47-15-3-13-34-32(41)21-5-8-24(37)26(39)17-21/h4-11,16-17,35-39,48H,2-3,12-15,18H2,1H3,(H,33,40)(H,34,41)(H,42,43). The average molecular weight is 750 g/mol. The third kappa shape index (κ3) is 10.1. The van der Waals surface area contributed by atoms with Crippen LogP contribution in [0.5, 0.6) is 34.5 Å². The van der Waals surface area contributed by atoms with Gasteiger partial charge in [-0.25, -0.2) is 13.1 Å². The third-order valence-corrected chi connectivity index (χ3v) is 10.8. The molecule has 1 atom stereocenters. The van der Waals surface area contributed by atoms with Gasteiger partial charge in [0, 0.05) is 34.7 Å². The van der Waals surface area contributed by atoms with Crippen molar-refractivity contribution >= 4 is 41.2 Å². The SMILES string of the molecule is Cc1c(-c2ccc(S(=O)(=O)NC[PH](=O)O)s2)ccc(OCCCNC(=O)c2ccc(O)c(O)c2)c1OCCCNC(=O)c1ccc(O)c(O)c1. The number of rotatable bonds is 17. The molecule has 0 saturated heterocycles. The van der Waals surface area contributed by atoms with Gasteiger partial charge < -0.3 is 45.4 Å². The first kappa shape index (κ1) is 38.0. The maximum atomic E-state index is 12.6. The lowest BCUT2D eigenvalue weighted by atomic mass is 10.1. The van der Waals surface area contributed by atoms with Gasteiger partial charge in [0.1, 0.15) is 4.21 Å². The minimum absolute atomic E-state index is 0.0415. The van der Waals surface area contributed by atoms with Gasteiger partial charge in [0.15, 0.2) is 34.5 Å². The molecule has 4 rings (SSSR count). The molecule has 1 unspecified atom stereocenters. The van der Waals surface area contributed by atoms with Gasteiger partial charge in [-0.05, 0) is 86.0 Å². The van der Waals surface area contributed by atoms with E-state index >= 15 is 0 Å². The number of carbonyl (C=O) groups excluding carboxylic acids is 2.